The Labute approximate surface area is 117 Å². The molecule has 1 heterocycles. The van der Waals surface area contributed by atoms with Crippen molar-refractivity contribution in [2.45, 2.75) is 19.9 Å². The first-order chi connectivity index (χ1) is 9.67. The molecule has 0 aliphatic heterocycles. The molecule has 0 bridgehead atoms. The summed E-state index contributed by atoms with van der Waals surface area (Å²) in [6.07, 6.45) is 0.765. The van der Waals surface area contributed by atoms with Gasteiger partial charge in [0.1, 0.15) is 18.2 Å². The van der Waals surface area contributed by atoms with Crippen LogP contribution in [0.5, 0.6) is 5.75 Å². The van der Waals surface area contributed by atoms with Gasteiger partial charge in [-0.1, -0.05) is 12.1 Å². The van der Waals surface area contributed by atoms with E-state index in [2.05, 4.69) is 10.1 Å². The Morgan fingerprint density at radius 3 is 2.70 bits per heavy atom. The minimum absolute atomic E-state index is 0.266. The average molecular weight is 279 g/mol. The normalized spacial score (nSPS) is 11.0. The second-order valence-corrected chi connectivity index (χ2v) is 4.50. The number of ether oxygens (including phenoxy) is 1. The summed E-state index contributed by atoms with van der Waals surface area (Å²) in [5.41, 5.74) is 0. The first-order valence-electron chi connectivity index (χ1n) is 6.55. The van der Waals surface area contributed by atoms with Gasteiger partial charge in [0.05, 0.1) is 6.54 Å². The number of halogens is 1. The van der Waals surface area contributed by atoms with Crippen LogP contribution in [0, 0.1) is 5.82 Å². The van der Waals surface area contributed by atoms with Crippen molar-refractivity contribution < 1.29 is 13.7 Å². The molecule has 0 unspecified atom stereocenters. The number of nitrogens with zero attached hydrogens (tertiary/aromatic N) is 3. The van der Waals surface area contributed by atoms with E-state index in [4.69, 9.17) is 9.26 Å². The van der Waals surface area contributed by atoms with Crippen molar-refractivity contribution in [2.75, 3.05) is 20.2 Å². The largest absolute Gasteiger partial charge is 0.492 e. The van der Waals surface area contributed by atoms with Crippen LogP contribution in [0.1, 0.15) is 18.6 Å². The van der Waals surface area contributed by atoms with E-state index in [0.29, 0.717) is 31.3 Å². The number of likely N-dealkylation sites (N-methyl/N-ethyl adjacent to an activating group) is 1. The zero-order valence-electron chi connectivity index (χ0n) is 11.7. The van der Waals surface area contributed by atoms with Gasteiger partial charge in [-0.2, -0.15) is 4.98 Å². The molecular formula is C14H18FN3O2. The van der Waals surface area contributed by atoms with E-state index < -0.39 is 0 Å². The molecule has 5 nitrogen and oxygen atoms in total. The molecule has 2 aromatic rings. The van der Waals surface area contributed by atoms with Crippen molar-refractivity contribution in [1.82, 2.24) is 15.0 Å². The Kier molecular flexibility index (Phi) is 5.06. The van der Waals surface area contributed by atoms with Crippen LogP contribution >= 0.6 is 0 Å². The maximum absolute atomic E-state index is 12.7. The van der Waals surface area contributed by atoms with Crippen molar-refractivity contribution in [3.05, 3.63) is 41.8 Å². The van der Waals surface area contributed by atoms with Crippen LogP contribution in [0.4, 0.5) is 4.39 Å². The summed E-state index contributed by atoms with van der Waals surface area (Å²) < 4.78 is 23.4. The van der Waals surface area contributed by atoms with Gasteiger partial charge in [-0.25, -0.2) is 4.39 Å². The topological polar surface area (TPSA) is 51.4 Å². The minimum atomic E-state index is -0.266. The van der Waals surface area contributed by atoms with Crippen molar-refractivity contribution in [1.29, 1.82) is 0 Å². The number of hydrogen-bond acceptors (Lipinski definition) is 5. The Bertz CT molecular complexity index is 527. The molecule has 108 valence electrons. The Morgan fingerprint density at radius 1 is 1.30 bits per heavy atom. The van der Waals surface area contributed by atoms with Gasteiger partial charge in [-0.3, -0.25) is 4.90 Å². The molecule has 1 aromatic carbocycles. The minimum Gasteiger partial charge on any atom is -0.492 e. The molecule has 6 heteroatoms. The van der Waals surface area contributed by atoms with E-state index >= 15 is 0 Å². The molecule has 0 spiro atoms. The third kappa shape index (κ3) is 4.31. The van der Waals surface area contributed by atoms with Crippen LogP contribution in [0.2, 0.25) is 0 Å². The van der Waals surface area contributed by atoms with Crippen LogP contribution in [-0.2, 0) is 13.0 Å². The van der Waals surface area contributed by atoms with Crippen LogP contribution in [-0.4, -0.2) is 35.2 Å². The van der Waals surface area contributed by atoms with Crippen molar-refractivity contribution in [3.8, 4) is 5.75 Å². The molecule has 0 aliphatic rings. The lowest BCUT2D eigenvalue weighted by Crippen LogP contribution is -2.24. The number of aromatic nitrogens is 2. The number of hydrogen-bond donors (Lipinski definition) is 0. The fourth-order valence-corrected chi connectivity index (χ4v) is 1.66. The van der Waals surface area contributed by atoms with Gasteiger partial charge < -0.3 is 9.26 Å². The van der Waals surface area contributed by atoms with E-state index in [9.17, 15) is 4.39 Å². The number of benzene rings is 1. The zero-order valence-corrected chi connectivity index (χ0v) is 11.7. The average Bonchev–Trinajstić information content (AvgIpc) is 2.88. The Balaban J connectivity index is 1.72. The highest BCUT2D eigenvalue weighted by molar-refractivity contribution is 5.21. The molecule has 0 atom stereocenters. The fourth-order valence-electron chi connectivity index (χ4n) is 1.66. The second-order valence-electron chi connectivity index (χ2n) is 4.50. The maximum atomic E-state index is 12.7. The predicted octanol–water partition coefficient (Wildman–Crippen LogP) is 2.28. The van der Waals surface area contributed by atoms with Crippen LogP contribution < -0.4 is 4.74 Å². The summed E-state index contributed by atoms with van der Waals surface area (Å²) in [5, 5.41) is 3.84. The van der Waals surface area contributed by atoms with Gasteiger partial charge in [0.25, 0.3) is 0 Å². The molecule has 0 fully saturated rings. The maximum Gasteiger partial charge on any atom is 0.240 e. The monoisotopic (exact) mass is 279 g/mol. The number of rotatable bonds is 7. The van der Waals surface area contributed by atoms with E-state index in [1.54, 1.807) is 12.1 Å². The summed E-state index contributed by atoms with van der Waals surface area (Å²) >= 11 is 0. The third-order valence-corrected chi connectivity index (χ3v) is 2.79. The standard InChI is InChI=1S/C14H18FN3O2/c1-3-13-16-14(20-17-13)10-18(2)8-9-19-12-6-4-11(15)5-7-12/h4-7H,3,8-10H2,1-2H3. The van der Waals surface area contributed by atoms with Gasteiger partial charge in [-0.05, 0) is 31.3 Å². The van der Waals surface area contributed by atoms with E-state index in [1.807, 2.05) is 18.9 Å². The van der Waals surface area contributed by atoms with Gasteiger partial charge >= 0.3 is 0 Å². The molecule has 2 rings (SSSR count). The van der Waals surface area contributed by atoms with Crippen LogP contribution in [0.15, 0.2) is 28.8 Å². The fraction of sp³-hybridized carbons (Fsp3) is 0.429. The van der Waals surface area contributed by atoms with Crippen molar-refractivity contribution in [2.24, 2.45) is 0 Å². The summed E-state index contributed by atoms with van der Waals surface area (Å²) in [4.78, 5) is 6.27. The van der Waals surface area contributed by atoms with Crippen LogP contribution in [0.3, 0.4) is 0 Å². The van der Waals surface area contributed by atoms with Gasteiger partial charge in [0.2, 0.25) is 5.89 Å². The molecular weight excluding hydrogens is 261 g/mol. The quantitative estimate of drug-likeness (QED) is 0.778. The van der Waals surface area contributed by atoms with Gasteiger partial charge in [0, 0.05) is 13.0 Å². The molecule has 0 saturated carbocycles. The van der Waals surface area contributed by atoms with E-state index in [1.165, 1.54) is 12.1 Å². The Morgan fingerprint density at radius 2 is 2.05 bits per heavy atom. The summed E-state index contributed by atoms with van der Waals surface area (Å²) in [5.74, 6) is 1.71. The lowest BCUT2D eigenvalue weighted by Gasteiger charge is -2.14. The molecule has 20 heavy (non-hydrogen) atoms. The Hall–Kier alpha value is -1.95. The zero-order chi connectivity index (χ0) is 14.4. The summed E-state index contributed by atoms with van der Waals surface area (Å²) in [6, 6.07) is 5.98. The van der Waals surface area contributed by atoms with Crippen molar-refractivity contribution >= 4 is 0 Å². The molecule has 1 aromatic heterocycles. The molecule has 0 N–H and O–H groups in total. The molecule has 0 amide bonds. The molecule has 0 aliphatic carbocycles. The highest BCUT2D eigenvalue weighted by Crippen LogP contribution is 2.11. The SMILES string of the molecule is CCc1noc(CN(C)CCOc2ccc(F)cc2)n1. The van der Waals surface area contributed by atoms with Crippen LogP contribution in [0.25, 0.3) is 0 Å². The number of aryl methyl sites for hydroxylation is 1. The highest BCUT2D eigenvalue weighted by atomic mass is 19.1. The molecule has 0 radical (unpaired) electrons. The lowest BCUT2D eigenvalue weighted by molar-refractivity contribution is 0.212. The smallest absolute Gasteiger partial charge is 0.240 e. The predicted molar refractivity (Wildman–Crippen MR) is 71.9 cm³/mol. The molecule has 0 saturated heterocycles. The summed E-state index contributed by atoms with van der Waals surface area (Å²) in [7, 11) is 1.95. The summed E-state index contributed by atoms with van der Waals surface area (Å²) in [6.45, 7) is 3.78. The third-order valence-electron chi connectivity index (χ3n) is 2.79. The van der Waals surface area contributed by atoms with E-state index in [0.717, 1.165) is 12.2 Å². The van der Waals surface area contributed by atoms with Gasteiger partial charge in [-0.15, -0.1) is 0 Å². The second kappa shape index (κ2) is 7.00. The van der Waals surface area contributed by atoms with Crippen molar-refractivity contribution in [3.63, 3.8) is 0 Å². The highest BCUT2D eigenvalue weighted by Gasteiger charge is 2.08. The first-order valence-corrected chi connectivity index (χ1v) is 6.55. The van der Waals surface area contributed by atoms with E-state index in [-0.39, 0.29) is 5.82 Å². The lowest BCUT2D eigenvalue weighted by atomic mass is 10.3. The van der Waals surface area contributed by atoms with Gasteiger partial charge in [0.15, 0.2) is 5.82 Å². The first kappa shape index (κ1) is 14.5.